The Kier molecular flexibility index (Phi) is 5.97. The lowest BCUT2D eigenvalue weighted by Crippen LogP contribution is -2.49. The molecule has 0 saturated heterocycles. The second-order valence-electron chi connectivity index (χ2n) is 7.41. The molecule has 1 amide bonds. The molecule has 1 aromatic rings. The van der Waals surface area contributed by atoms with E-state index in [0.29, 0.717) is 5.92 Å². The van der Waals surface area contributed by atoms with Crippen LogP contribution in [0.5, 0.6) is 0 Å². The molecule has 0 bridgehead atoms. The van der Waals surface area contributed by atoms with Gasteiger partial charge in [-0.05, 0) is 35.8 Å². The van der Waals surface area contributed by atoms with Gasteiger partial charge in [-0.1, -0.05) is 58.9 Å². The van der Waals surface area contributed by atoms with E-state index in [9.17, 15) is 4.79 Å². The molecule has 0 aliphatic rings. The average Bonchev–Trinajstić information content (AvgIpc) is 2.36. The summed E-state index contributed by atoms with van der Waals surface area (Å²) in [5.74, 6) is 0.555. The van der Waals surface area contributed by atoms with Crippen molar-refractivity contribution in [1.29, 1.82) is 0 Å². The van der Waals surface area contributed by atoms with Gasteiger partial charge >= 0.3 is 0 Å². The van der Waals surface area contributed by atoms with Gasteiger partial charge in [-0.15, -0.1) is 0 Å². The molecule has 21 heavy (non-hydrogen) atoms. The third-order valence-electron chi connectivity index (χ3n) is 3.70. The Balaban J connectivity index is 2.67. The molecule has 0 saturated carbocycles. The number of carbonyl (C=O) groups is 1. The number of carbonyl (C=O) groups excluding carboxylic acids is 1. The van der Waals surface area contributed by atoms with Crippen molar-refractivity contribution < 1.29 is 4.79 Å². The summed E-state index contributed by atoms with van der Waals surface area (Å²) in [5.41, 5.74) is 8.20. The zero-order valence-corrected chi connectivity index (χ0v) is 14.2. The van der Waals surface area contributed by atoms with E-state index in [1.165, 1.54) is 5.56 Å². The van der Waals surface area contributed by atoms with Crippen molar-refractivity contribution in [3.05, 3.63) is 35.4 Å². The molecule has 118 valence electrons. The summed E-state index contributed by atoms with van der Waals surface area (Å²) in [5, 5.41) is 3.00. The first kappa shape index (κ1) is 17.7. The monoisotopic (exact) mass is 290 g/mol. The summed E-state index contributed by atoms with van der Waals surface area (Å²) in [6, 6.07) is 7.93. The average molecular weight is 290 g/mol. The van der Waals surface area contributed by atoms with Gasteiger partial charge in [-0.25, -0.2) is 0 Å². The first-order valence-electron chi connectivity index (χ1n) is 7.76. The van der Waals surface area contributed by atoms with E-state index in [0.717, 1.165) is 12.0 Å². The van der Waals surface area contributed by atoms with Gasteiger partial charge in [0.1, 0.15) is 0 Å². The van der Waals surface area contributed by atoms with Crippen LogP contribution >= 0.6 is 0 Å². The van der Waals surface area contributed by atoms with Gasteiger partial charge in [0.2, 0.25) is 5.91 Å². The summed E-state index contributed by atoms with van der Waals surface area (Å²) in [6.45, 7) is 12.3. The normalized spacial score (nSPS) is 14.9. The van der Waals surface area contributed by atoms with E-state index >= 15 is 0 Å². The summed E-state index contributed by atoms with van der Waals surface area (Å²) >= 11 is 0. The second-order valence-corrected chi connectivity index (χ2v) is 7.41. The summed E-state index contributed by atoms with van der Waals surface area (Å²) < 4.78 is 0. The Labute approximate surface area is 129 Å². The van der Waals surface area contributed by atoms with E-state index in [2.05, 4.69) is 43.4 Å². The quantitative estimate of drug-likeness (QED) is 0.873. The summed E-state index contributed by atoms with van der Waals surface area (Å²) in [4.78, 5) is 12.1. The van der Waals surface area contributed by atoms with Gasteiger partial charge in [0.05, 0.1) is 12.1 Å². The van der Waals surface area contributed by atoms with Gasteiger partial charge in [0.25, 0.3) is 0 Å². The summed E-state index contributed by atoms with van der Waals surface area (Å²) in [7, 11) is 0. The topological polar surface area (TPSA) is 55.1 Å². The van der Waals surface area contributed by atoms with Crippen molar-refractivity contribution in [2.45, 2.75) is 60.0 Å². The molecule has 0 spiro atoms. The van der Waals surface area contributed by atoms with Crippen LogP contribution in [0.1, 0.15) is 58.7 Å². The molecule has 0 radical (unpaired) electrons. The molecule has 0 heterocycles. The van der Waals surface area contributed by atoms with Gasteiger partial charge in [0, 0.05) is 0 Å². The van der Waals surface area contributed by atoms with Crippen LogP contribution in [-0.2, 0) is 11.2 Å². The lowest BCUT2D eigenvalue weighted by Gasteiger charge is -2.27. The number of nitrogens with two attached hydrogens (primary N) is 1. The molecule has 0 fully saturated rings. The number of hydrogen-bond donors (Lipinski definition) is 2. The smallest absolute Gasteiger partial charge is 0.237 e. The fourth-order valence-corrected chi connectivity index (χ4v) is 2.19. The minimum atomic E-state index is -0.500. The van der Waals surface area contributed by atoms with Gasteiger partial charge in [0.15, 0.2) is 0 Å². The van der Waals surface area contributed by atoms with E-state index in [4.69, 9.17) is 5.73 Å². The van der Waals surface area contributed by atoms with Crippen molar-refractivity contribution in [2.75, 3.05) is 0 Å². The largest absolute Gasteiger partial charge is 0.348 e. The molecular weight excluding hydrogens is 260 g/mol. The molecule has 0 aliphatic heterocycles. The van der Waals surface area contributed by atoms with E-state index in [1.807, 2.05) is 27.7 Å². The lowest BCUT2D eigenvalue weighted by atomic mass is 9.86. The van der Waals surface area contributed by atoms with Crippen molar-refractivity contribution in [3.63, 3.8) is 0 Å². The first-order valence-corrected chi connectivity index (χ1v) is 7.76. The molecule has 1 aromatic carbocycles. The Morgan fingerprint density at radius 2 is 1.67 bits per heavy atom. The number of hydrogen-bond acceptors (Lipinski definition) is 2. The second kappa shape index (κ2) is 7.08. The number of benzene rings is 1. The van der Waals surface area contributed by atoms with Crippen molar-refractivity contribution in [3.8, 4) is 0 Å². The molecule has 3 N–H and O–H groups in total. The van der Waals surface area contributed by atoms with Crippen molar-refractivity contribution in [2.24, 2.45) is 17.1 Å². The van der Waals surface area contributed by atoms with Gasteiger partial charge in [-0.2, -0.15) is 0 Å². The highest BCUT2D eigenvalue weighted by Gasteiger charge is 2.28. The maximum absolute atomic E-state index is 12.1. The van der Waals surface area contributed by atoms with E-state index in [1.54, 1.807) is 0 Å². The Morgan fingerprint density at radius 1 is 1.14 bits per heavy atom. The minimum absolute atomic E-state index is 0.0287. The minimum Gasteiger partial charge on any atom is -0.348 e. The zero-order valence-electron chi connectivity index (χ0n) is 14.2. The van der Waals surface area contributed by atoms with Crippen molar-refractivity contribution >= 4 is 5.91 Å². The van der Waals surface area contributed by atoms with Crippen LogP contribution in [0.4, 0.5) is 0 Å². The molecule has 0 aromatic heterocycles. The molecule has 0 aliphatic carbocycles. The Hall–Kier alpha value is -1.35. The summed E-state index contributed by atoms with van der Waals surface area (Å²) in [6.07, 6.45) is 1.08. The van der Waals surface area contributed by atoms with E-state index < -0.39 is 6.04 Å². The maximum Gasteiger partial charge on any atom is 0.237 e. The van der Waals surface area contributed by atoms with Crippen LogP contribution in [-0.4, -0.2) is 11.9 Å². The van der Waals surface area contributed by atoms with Crippen LogP contribution in [0.3, 0.4) is 0 Å². The molecule has 2 atom stereocenters. The third kappa shape index (κ3) is 5.50. The van der Waals surface area contributed by atoms with E-state index in [-0.39, 0.29) is 17.4 Å². The first-order chi connectivity index (χ1) is 9.61. The third-order valence-corrected chi connectivity index (χ3v) is 3.70. The van der Waals surface area contributed by atoms with Crippen LogP contribution in [0.15, 0.2) is 24.3 Å². The van der Waals surface area contributed by atoms with Crippen LogP contribution in [0.25, 0.3) is 0 Å². The predicted octanol–water partition coefficient (Wildman–Crippen LogP) is 3.44. The molecule has 1 unspecified atom stereocenters. The lowest BCUT2D eigenvalue weighted by molar-refractivity contribution is -0.125. The number of amides is 1. The highest BCUT2D eigenvalue weighted by molar-refractivity contribution is 5.82. The maximum atomic E-state index is 12.1. The van der Waals surface area contributed by atoms with Gasteiger partial charge in [-0.3, -0.25) is 4.79 Å². The van der Waals surface area contributed by atoms with Crippen LogP contribution in [0, 0.1) is 11.3 Å². The SMILES string of the molecule is CC(C)Cc1ccc(C(C)NC(=O)[C@@H](N)C(C)(C)C)cc1. The highest BCUT2D eigenvalue weighted by atomic mass is 16.2. The molecular formula is C18H30N2O. The van der Waals surface area contributed by atoms with Crippen molar-refractivity contribution in [1.82, 2.24) is 5.32 Å². The Bertz CT molecular complexity index is 457. The Morgan fingerprint density at radius 3 is 2.10 bits per heavy atom. The number of nitrogens with one attached hydrogen (secondary N) is 1. The molecule has 3 heteroatoms. The van der Waals surface area contributed by atoms with Crippen LogP contribution in [0.2, 0.25) is 0 Å². The fraction of sp³-hybridized carbons (Fsp3) is 0.611. The predicted molar refractivity (Wildman–Crippen MR) is 89.0 cm³/mol. The number of rotatable bonds is 5. The highest BCUT2D eigenvalue weighted by Crippen LogP contribution is 2.20. The zero-order chi connectivity index (χ0) is 16.2. The molecule has 3 nitrogen and oxygen atoms in total. The molecule has 1 rings (SSSR count). The standard InChI is InChI=1S/C18H30N2O/c1-12(2)11-14-7-9-15(10-8-14)13(3)20-17(21)16(19)18(4,5)6/h7-10,12-13,16H,11,19H2,1-6H3,(H,20,21)/t13?,16-/m1/s1. The van der Waals surface area contributed by atoms with Crippen LogP contribution < -0.4 is 11.1 Å². The van der Waals surface area contributed by atoms with Gasteiger partial charge < -0.3 is 11.1 Å². The fourth-order valence-electron chi connectivity index (χ4n) is 2.19.